The molecule has 31 heavy (non-hydrogen) atoms. The standard InChI is InChI=1S/C23H23N7O/c1-13(31)30-11-16-7-18(8-17(16)12-30)27-23-25-10-20-19(9-24-22(20)28-23)14-2-3-21-15(6-14)4-5-26-29-21/h2-6,9-10,16-18H,7-8,11-12H2,1H3,(H2,24,25,27,28)/t16-,17+,18?. The van der Waals surface area contributed by atoms with Crippen molar-refractivity contribution >= 4 is 33.8 Å². The van der Waals surface area contributed by atoms with Gasteiger partial charge in [-0.1, -0.05) is 6.07 Å². The number of hydrogen-bond acceptors (Lipinski definition) is 6. The first-order chi connectivity index (χ1) is 15.1. The van der Waals surface area contributed by atoms with Crippen LogP contribution in [0, 0.1) is 11.8 Å². The second kappa shape index (κ2) is 7.01. The van der Waals surface area contributed by atoms with E-state index in [1.165, 1.54) is 0 Å². The van der Waals surface area contributed by atoms with Crippen molar-refractivity contribution in [2.24, 2.45) is 11.8 Å². The number of anilines is 1. The van der Waals surface area contributed by atoms with E-state index in [1.54, 1.807) is 13.1 Å². The van der Waals surface area contributed by atoms with Crippen LogP contribution < -0.4 is 5.32 Å². The average Bonchev–Trinajstić information content (AvgIpc) is 3.46. The third kappa shape index (κ3) is 3.19. The van der Waals surface area contributed by atoms with Crippen LogP contribution in [0.25, 0.3) is 33.1 Å². The van der Waals surface area contributed by atoms with Crippen LogP contribution in [-0.2, 0) is 4.79 Å². The molecule has 3 aromatic heterocycles. The highest BCUT2D eigenvalue weighted by Crippen LogP contribution is 2.39. The van der Waals surface area contributed by atoms with Crippen LogP contribution in [0.5, 0.6) is 0 Å². The van der Waals surface area contributed by atoms with E-state index in [0.717, 1.165) is 59.0 Å². The molecule has 2 aliphatic rings. The molecule has 6 rings (SSSR count). The molecule has 2 fully saturated rings. The van der Waals surface area contributed by atoms with Crippen LogP contribution in [0.15, 0.2) is 42.9 Å². The molecule has 1 aliphatic heterocycles. The summed E-state index contributed by atoms with van der Waals surface area (Å²) in [4.78, 5) is 26.2. The highest BCUT2D eigenvalue weighted by molar-refractivity contribution is 5.96. The fourth-order valence-electron chi connectivity index (χ4n) is 5.23. The zero-order valence-corrected chi connectivity index (χ0v) is 17.2. The van der Waals surface area contributed by atoms with Gasteiger partial charge in [0.1, 0.15) is 5.65 Å². The minimum absolute atomic E-state index is 0.189. The number of benzene rings is 1. The topological polar surface area (TPSA) is 99.7 Å². The predicted octanol–water partition coefficient (Wildman–Crippen LogP) is 3.24. The Labute approximate surface area is 179 Å². The minimum Gasteiger partial charge on any atom is -0.351 e. The Bertz CT molecular complexity index is 1290. The molecule has 3 atom stereocenters. The van der Waals surface area contributed by atoms with Gasteiger partial charge in [0.05, 0.1) is 11.7 Å². The Morgan fingerprint density at radius 1 is 1.19 bits per heavy atom. The molecule has 1 saturated carbocycles. The molecule has 1 aromatic carbocycles. The number of carbonyl (C=O) groups is 1. The Hall–Kier alpha value is -3.55. The third-order valence-corrected chi connectivity index (χ3v) is 6.79. The number of fused-ring (bicyclic) bond motifs is 3. The number of likely N-dealkylation sites (tertiary alicyclic amines) is 1. The number of aromatic nitrogens is 5. The van der Waals surface area contributed by atoms with E-state index in [2.05, 4.69) is 31.5 Å². The van der Waals surface area contributed by atoms with E-state index in [4.69, 9.17) is 4.98 Å². The summed E-state index contributed by atoms with van der Waals surface area (Å²) < 4.78 is 0. The summed E-state index contributed by atoms with van der Waals surface area (Å²) >= 11 is 0. The van der Waals surface area contributed by atoms with Gasteiger partial charge in [0, 0.05) is 54.8 Å². The van der Waals surface area contributed by atoms with Crippen molar-refractivity contribution in [3.8, 4) is 11.1 Å². The molecule has 4 aromatic rings. The van der Waals surface area contributed by atoms with E-state index < -0.39 is 0 Å². The number of aromatic amines is 1. The Kier molecular flexibility index (Phi) is 4.12. The maximum atomic E-state index is 11.6. The Balaban J connectivity index is 1.21. The first kappa shape index (κ1) is 18.2. The van der Waals surface area contributed by atoms with E-state index >= 15 is 0 Å². The maximum Gasteiger partial charge on any atom is 0.224 e. The first-order valence-corrected chi connectivity index (χ1v) is 10.7. The van der Waals surface area contributed by atoms with Crippen LogP contribution in [0.3, 0.4) is 0 Å². The molecule has 156 valence electrons. The lowest BCUT2D eigenvalue weighted by Gasteiger charge is -2.18. The van der Waals surface area contributed by atoms with Crippen molar-refractivity contribution < 1.29 is 4.79 Å². The summed E-state index contributed by atoms with van der Waals surface area (Å²) in [6, 6.07) is 8.47. The highest BCUT2D eigenvalue weighted by Gasteiger charge is 2.41. The van der Waals surface area contributed by atoms with E-state index in [-0.39, 0.29) is 5.91 Å². The van der Waals surface area contributed by atoms with Crippen LogP contribution in [-0.4, -0.2) is 55.1 Å². The summed E-state index contributed by atoms with van der Waals surface area (Å²) in [6.45, 7) is 3.43. The highest BCUT2D eigenvalue weighted by atomic mass is 16.2. The van der Waals surface area contributed by atoms with Crippen LogP contribution >= 0.6 is 0 Å². The van der Waals surface area contributed by atoms with Crippen LogP contribution in [0.2, 0.25) is 0 Å². The maximum absolute atomic E-state index is 11.6. The molecule has 2 N–H and O–H groups in total. The lowest BCUT2D eigenvalue weighted by molar-refractivity contribution is -0.128. The van der Waals surface area contributed by atoms with Gasteiger partial charge in [-0.15, -0.1) is 0 Å². The second-order valence-electron chi connectivity index (χ2n) is 8.72. The fraction of sp³-hybridized carbons (Fsp3) is 0.348. The minimum atomic E-state index is 0.189. The second-order valence-corrected chi connectivity index (χ2v) is 8.72. The quantitative estimate of drug-likeness (QED) is 0.535. The lowest BCUT2D eigenvalue weighted by atomic mass is 10.0. The molecule has 8 heteroatoms. The van der Waals surface area contributed by atoms with Gasteiger partial charge >= 0.3 is 0 Å². The average molecular weight is 413 g/mol. The van der Waals surface area contributed by atoms with E-state index in [1.807, 2.05) is 35.5 Å². The van der Waals surface area contributed by atoms with Gasteiger partial charge in [0.25, 0.3) is 0 Å². The summed E-state index contributed by atoms with van der Waals surface area (Å²) in [5, 5.41) is 13.6. The smallest absolute Gasteiger partial charge is 0.224 e. The van der Waals surface area contributed by atoms with Crippen LogP contribution in [0.4, 0.5) is 5.95 Å². The van der Waals surface area contributed by atoms with Crippen molar-refractivity contribution in [2.45, 2.75) is 25.8 Å². The molecular formula is C23H23N7O. The van der Waals surface area contributed by atoms with Crippen LogP contribution in [0.1, 0.15) is 19.8 Å². The SMILES string of the molecule is CC(=O)N1C[C@H]2CC(Nc3ncc4c(-c5ccc6nnccc6c5)c[nH]c4n3)C[C@H]2C1. The van der Waals surface area contributed by atoms with Gasteiger partial charge in [-0.3, -0.25) is 4.79 Å². The molecule has 1 unspecified atom stereocenters. The number of carbonyl (C=O) groups excluding carboxylic acids is 1. The van der Waals surface area contributed by atoms with Gasteiger partial charge in [0.2, 0.25) is 11.9 Å². The summed E-state index contributed by atoms with van der Waals surface area (Å²) in [5.41, 5.74) is 3.86. The molecule has 1 saturated heterocycles. The number of hydrogen-bond donors (Lipinski definition) is 2. The molecule has 0 bridgehead atoms. The molecule has 1 amide bonds. The zero-order valence-electron chi connectivity index (χ0n) is 17.2. The molecule has 0 radical (unpaired) electrons. The van der Waals surface area contributed by atoms with Crippen molar-refractivity contribution in [3.05, 3.63) is 42.9 Å². The van der Waals surface area contributed by atoms with Crippen molar-refractivity contribution in [1.82, 2.24) is 30.0 Å². The van der Waals surface area contributed by atoms with Gasteiger partial charge in [0.15, 0.2) is 0 Å². The van der Waals surface area contributed by atoms with Gasteiger partial charge in [-0.25, -0.2) is 4.98 Å². The third-order valence-electron chi connectivity index (χ3n) is 6.79. The summed E-state index contributed by atoms with van der Waals surface area (Å²) in [6.07, 6.45) is 7.70. The van der Waals surface area contributed by atoms with Crippen molar-refractivity contribution in [1.29, 1.82) is 0 Å². The lowest BCUT2D eigenvalue weighted by Crippen LogP contribution is -2.29. The molecule has 0 spiro atoms. The first-order valence-electron chi connectivity index (χ1n) is 10.7. The number of nitrogens with zero attached hydrogens (tertiary/aromatic N) is 5. The van der Waals surface area contributed by atoms with E-state index in [9.17, 15) is 4.79 Å². The number of amides is 1. The molecule has 8 nitrogen and oxygen atoms in total. The largest absolute Gasteiger partial charge is 0.351 e. The van der Waals surface area contributed by atoms with E-state index in [0.29, 0.717) is 23.8 Å². The summed E-state index contributed by atoms with van der Waals surface area (Å²) in [5.74, 6) is 2.01. The fourth-order valence-corrected chi connectivity index (χ4v) is 5.23. The Morgan fingerprint density at radius 3 is 2.84 bits per heavy atom. The number of H-pyrrole nitrogens is 1. The molecule has 4 heterocycles. The number of nitrogens with one attached hydrogen (secondary N) is 2. The molecular weight excluding hydrogens is 390 g/mol. The van der Waals surface area contributed by atoms with Crippen molar-refractivity contribution in [3.63, 3.8) is 0 Å². The Morgan fingerprint density at radius 2 is 2.03 bits per heavy atom. The van der Waals surface area contributed by atoms with Gasteiger partial charge in [-0.05, 0) is 48.4 Å². The monoisotopic (exact) mass is 413 g/mol. The van der Waals surface area contributed by atoms with Gasteiger partial charge in [-0.2, -0.15) is 15.2 Å². The predicted molar refractivity (Wildman–Crippen MR) is 118 cm³/mol. The van der Waals surface area contributed by atoms with Gasteiger partial charge < -0.3 is 15.2 Å². The summed E-state index contributed by atoms with van der Waals surface area (Å²) in [7, 11) is 0. The normalized spacial score (nSPS) is 22.9. The van der Waals surface area contributed by atoms with Crippen molar-refractivity contribution in [2.75, 3.05) is 18.4 Å². The zero-order chi connectivity index (χ0) is 20.9. The molecule has 1 aliphatic carbocycles. The number of rotatable bonds is 3.